The second-order valence-corrected chi connectivity index (χ2v) is 2.65. The molecule has 3 heteroatoms. The standard InChI is InChI=1S/C11H14O3/c1-12-7-6-9-4-5-10(13-2)11(8-9)14-3/h4-8H,1-3H3/b7-6-. The normalized spacial score (nSPS) is 10.2. The van der Waals surface area contributed by atoms with Crippen molar-refractivity contribution in [2.24, 2.45) is 0 Å². The van der Waals surface area contributed by atoms with Crippen LogP contribution in [0.5, 0.6) is 11.5 Å². The minimum absolute atomic E-state index is 0.714. The zero-order chi connectivity index (χ0) is 10.4. The van der Waals surface area contributed by atoms with Crippen LogP contribution in [0.25, 0.3) is 6.08 Å². The zero-order valence-corrected chi connectivity index (χ0v) is 8.61. The Morgan fingerprint density at radius 3 is 2.29 bits per heavy atom. The molecule has 0 saturated heterocycles. The zero-order valence-electron chi connectivity index (χ0n) is 8.61. The maximum Gasteiger partial charge on any atom is 0.161 e. The van der Waals surface area contributed by atoms with Gasteiger partial charge in [-0.05, 0) is 23.8 Å². The third-order valence-corrected chi connectivity index (χ3v) is 1.80. The number of rotatable bonds is 4. The summed E-state index contributed by atoms with van der Waals surface area (Å²) in [6, 6.07) is 5.67. The van der Waals surface area contributed by atoms with Crippen molar-refractivity contribution in [2.45, 2.75) is 0 Å². The van der Waals surface area contributed by atoms with Crippen LogP contribution in [-0.4, -0.2) is 21.3 Å². The first-order valence-electron chi connectivity index (χ1n) is 4.23. The van der Waals surface area contributed by atoms with Crippen molar-refractivity contribution in [1.29, 1.82) is 0 Å². The van der Waals surface area contributed by atoms with E-state index in [1.54, 1.807) is 27.6 Å². The van der Waals surface area contributed by atoms with Gasteiger partial charge in [0.2, 0.25) is 0 Å². The van der Waals surface area contributed by atoms with Crippen molar-refractivity contribution in [1.82, 2.24) is 0 Å². The maximum atomic E-state index is 5.16. The van der Waals surface area contributed by atoms with Gasteiger partial charge < -0.3 is 14.2 Å². The van der Waals surface area contributed by atoms with Gasteiger partial charge in [-0.1, -0.05) is 6.07 Å². The van der Waals surface area contributed by atoms with Crippen LogP contribution in [0.15, 0.2) is 24.5 Å². The largest absolute Gasteiger partial charge is 0.504 e. The Bertz CT molecular complexity index is 318. The van der Waals surface area contributed by atoms with Crippen LogP contribution in [0.3, 0.4) is 0 Å². The van der Waals surface area contributed by atoms with Crippen LogP contribution in [0.4, 0.5) is 0 Å². The third kappa shape index (κ3) is 2.42. The molecule has 0 heterocycles. The predicted octanol–water partition coefficient (Wildman–Crippen LogP) is 2.32. The lowest BCUT2D eigenvalue weighted by Gasteiger charge is -2.07. The predicted molar refractivity (Wildman–Crippen MR) is 55.6 cm³/mol. The average Bonchev–Trinajstić information content (AvgIpc) is 2.25. The molecular formula is C11H14O3. The first-order valence-corrected chi connectivity index (χ1v) is 4.23. The molecule has 0 N–H and O–H groups in total. The van der Waals surface area contributed by atoms with Crippen LogP contribution in [-0.2, 0) is 4.74 Å². The first-order chi connectivity index (χ1) is 6.81. The first kappa shape index (κ1) is 10.4. The Morgan fingerprint density at radius 2 is 1.71 bits per heavy atom. The molecule has 0 aliphatic heterocycles. The van der Waals surface area contributed by atoms with Crippen molar-refractivity contribution in [3.63, 3.8) is 0 Å². The van der Waals surface area contributed by atoms with E-state index >= 15 is 0 Å². The second-order valence-electron chi connectivity index (χ2n) is 2.65. The number of hydrogen-bond donors (Lipinski definition) is 0. The summed E-state index contributed by atoms with van der Waals surface area (Å²) in [5.74, 6) is 1.44. The van der Waals surface area contributed by atoms with E-state index in [4.69, 9.17) is 14.2 Å². The Morgan fingerprint density at radius 1 is 1.00 bits per heavy atom. The quantitative estimate of drug-likeness (QED) is 0.688. The highest BCUT2D eigenvalue weighted by molar-refractivity contribution is 5.55. The van der Waals surface area contributed by atoms with Crippen LogP contribution >= 0.6 is 0 Å². The Kier molecular flexibility index (Phi) is 3.85. The summed E-state index contributed by atoms with van der Waals surface area (Å²) in [5.41, 5.74) is 1.00. The van der Waals surface area contributed by atoms with Gasteiger partial charge in [0, 0.05) is 0 Å². The summed E-state index contributed by atoms with van der Waals surface area (Å²) in [6.45, 7) is 0. The molecule has 0 aliphatic carbocycles. The number of ether oxygens (including phenoxy) is 3. The van der Waals surface area contributed by atoms with Gasteiger partial charge in [0.05, 0.1) is 27.6 Å². The molecule has 1 aromatic rings. The highest BCUT2D eigenvalue weighted by atomic mass is 16.5. The minimum Gasteiger partial charge on any atom is -0.504 e. The number of hydrogen-bond acceptors (Lipinski definition) is 3. The highest BCUT2D eigenvalue weighted by Gasteiger charge is 2.02. The molecule has 76 valence electrons. The Hall–Kier alpha value is -1.64. The summed E-state index contributed by atoms with van der Waals surface area (Å²) in [6.07, 6.45) is 3.46. The molecule has 0 aromatic heterocycles. The smallest absolute Gasteiger partial charge is 0.161 e. The van der Waals surface area contributed by atoms with Crippen molar-refractivity contribution in [3.8, 4) is 11.5 Å². The van der Waals surface area contributed by atoms with E-state index in [-0.39, 0.29) is 0 Å². The maximum absolute atomic E-state index is 5.16. The summed E-state index contributed by atoms with van der Waals surface area (Å²) in [5, 5.41) is 0. The Labute approximate surface area is 83.9 Å². The summed E-state index contributed by atoms with van der Waals surface area (Å²) < 4.78 is 15.1. The van der Waals surface area contributed by atoms with Gasteiger partial charge in [0.15, 0.2) is 11.5 Å². The molecule has 0 radical (unpaired) electrons. The van der Waals surface area contributed by atoms with Crippen LogP contribution in [0.1, 0.15) is 5.56 Å². The van der Waals surface area contributed by atoms with Gasteiger partial charge in [-0.25, -0.2) is 0 Å². The SMILES string of the molecule is CO/C=C\c1ccc(OC)c(OC)c1. The molecule has 3 nitrogen and oxygen atoms in total. The van der Waals surface area contributed by atoms with E-state index in [9.17, 15) is 0 Å². The average molecular weight is 194 g/mol. The van der Waals surface area contributed by atoms with E-state index in [1.165, 1.54) is 0 Å². The van der Waals surface area contributed by atoms with Crippen LogP contribution in [0, 0.1) is 0 Å². The van der Waals surface area contributed by atoms with Gasteiger partial charge in [-0.3, -0.25) is 0 Å². The molecule has 0 spiro atoms. The van der Waals surface area contributed by atoms with E-state index in [0.29, 0.717) is 5.75 Å². The highest BCUT2D eigenvalue weighted by Crippen LogP contribution is 2.27. The van der Waals surface area contributed by atoms with Crippen molar-refractivity contribution in [2.75, 3.05) is 21.3 Å². The molecule has 0 fully saturated rings. The number of methoxy groups -OCH3 is 3. The lowest BCUT2D eigenvalue weighted by molar-refractivity contribution is 0.341. The fraction of sp³-hybridized carbons (Fsp3) is 0.273. The lowest BCUT2D eigenvalue weighted by Crippen LogP contribution is -1.90. The summed E-state index contributed by atoms with van der Waals surface area (Å²) in [7, 11) is 4.83. The molecule has 0 amide bonds. The van der Waals surface area contributed by atoms with E-state index < -0.39 is 0 Å². The van der Waals surface area contributed by atoms with Crippen molar-refractivity contribution >= 4 is 6.08 Å². The molecular weight excluding hydrogens is 180 g/mol. The second kappa shape index (κ2) is 5.17. The van der Waals surface area contributed by atoms with E-state index in [2.05, 4.69) is 0 Å². The fourth-order valence-corrected chi connectivity index (χ4v) is 1.10. The van der Waals surface area contributed by atoms with Crippen LogP contribution < -0.4 is 9.47 Å². The molecule has 0 unspecified atom stereocenters. The third-order valence-electron chi connectivity index (χ3n) is 1.80. The van der Waals surface area contributed by atoms with Gasteiger partial charge >= 0.3 is 0 Å². The van der Waals surface area contributed by atoms with E-state index in [1.807, 2.05) is 24.3 Å². The molecule has 1 aromatic carbocycles. The molecule has 1 rings (SSSR count). The number of benzene rings is 1. The van der Waals surface area contributed by atoms with Crippen LogP contribution in [0.2, 0.25) is 0 Å². The summed E-state index contributed by atoms with van der Waals surface area (Å²) in [4.78, 5) is 0. The molecule has 0 saturated carbocycles. The van der Waals surface area contributed by atoms with Gasteiger partial charge in [0.25, 0.3) is 0 Å². The Balaban J connectivity index is 2.95. The lowest BCUT2D eigenvalue weighted by atomic mass is 10.2. The minimum atomic E-state index is 0.714. The topological polar surface area (TPSA) is 27.7 Å². The summed E-state index contributed by atoms with van der Waals surface area (Å²) >= 11 is 0. The van der Waals surface area contributed by atoms with E-state index in [0.717, 1.165) is 11.3 Å². The molecule has 0 aliphatic rings. The van der Waals surface area contributed by atoms with Gasteiger partial charge in [0.1, 0.15) is 0 Å². The molecule has 0 bridgehead atoms. The van der Waals surface area contributed by atoms with Crippen molar-refractivity contribution in [3.05, 3.63) is 30.0 Å². The fourth-order valence-electron chi connectivity index (χ4n) is 1.10. The molecule has 0 atom stereocenters. The van der Waals surface area contributed by atoms with Gasteiger partial charge in [-0.15, -0.1) is 0 Å². The monoisotopic (exact) mass is 194 g/mol. The van der Waals surface area contributed by atoms with Crippen molar-refractivity contribution < 1.29 is 14.2 Å². The van der Waals surface area contributed by atoms with Gasteiger partial charge in [-0.2, -0.15) is 0 Å². The molecule has 14 heavy (non-hydrogen) atoms.